The number of pyridine rings is 2. The van der Waals surface area contributed by atoms with Crippen molar-refractivity contribution in [1.29, 1.82) is 5.26 Å². The Bertz CT molecular complexity index is 1420. The third-order valence-corrected chi connectivity index (χ3v) is 4.98. The minimum atomic E-state index is 0.0504. The molecule has 0 aromatic carbocycles. The van der Waals surface area contributed by atoms with E-state index in [2.05, 4.69) is 36.3 Å². The molecule has 5 aromatic heterocycles. The SMILES string of the molecule is Cc1ccncc1N(CC#N)c1nnc(-c2c[nH]c3ncc(-c4cnn(C)c4)cc23)o1. The third kappa shape index (κ3) is 3.28. The second-order valence-corrected chi connectivity index (χ2v) is 7.02. The van der Waals surface area contributed by atoms with Gasteiger partial charge >= 0.3 is 6.01 Å². The maximum atomic E-state index is 9.30. The first kappa shape index (κ1) is 18.5. The fourth-order valence-electron chi connectivity index (χ4n) is 3.41. The van der Waals surface area contributed by atoms with Crippen LogP contribution < -0.4 is 4.90 Å². The number of hydrogen-bond donors (Lipinski definition) is 1. The normalized spacial score (nSPS) is 11.0. The smallest absolute Gasteiger partial charge is 0.324 e. The molecule has 0 aliphatic heterocycles. The molecule has 0 saturated heterocycles. The zero-order valence-electron chi connectivity index (χ0n) is 16.8. The van der Waals surface area contributed by atoms with Gasteiger partial charge in [-0.15, -0.1) is 5.10 Å². The Labute approximate surface area is 176 Å². The number of aromatic nitrogens is 7. The molecule has 152 valence electrons. The van der Waals surface area contributed by atoms with E-state index in [0.29, 0.717) is 11.5 Å². The van der Waals surface area contributed by atoms with Crippen LogP contribution >= 0.6 is 0 Å². The predicted molar refractivity (Wildman–Crippen MR) is 113 cm³/mol. The zero-order chi connectivity index (χ0) is 21.4. The van der Waals surface area contributed by atoms with Gasteiger partial charge in [-0.05, 0) is 24.6 Å². The second kappa shape index (κ2) is 7.38. The number of nitrogens with one attached hydrogen (secondary N) is 1. The topological polar surface area (TPSA) is 125 Å². The summed E-state index contributed by atoms with van der Waals surface area (Å²) < 4.78 is 7.71. The molecule has 0 atom stereocenters. The number of aromatic amines is 1. The number of hydrogen-bond acceptors (Lipinski definition) is 8. The predicted octanol–water partition coefficient (Wildman–Crippen LogP) is 3.38. The molecule has 31 heavy (non-hydrogen) atoms. The van der Waals surface area contributed by atoms with Crippen molar-refractivity contribution in [3.8, 4) is 28.7 Å². The molecule has 5 rings (SSSR count). The van der Waals surface area contributed by atoms with Crippen molar-refractivity contribution >= 4 is 22.7 Å². The molecular weight excluding hydrogens is 394 g/mol. The molecule has 0 fully saturated rings. The third-order valence-electron chi connectivity index (χ3n) is 4.98. The Kier molecular flexibility index (Phi) is 4.41. The van der Waals surface area contributed by atoms with E-state index in [1.807, 2.05) is 32.3 Å². The van der Waals surface area contributed by atoms with Gasteiger partial charge in [0.05, 0.1) is 29.7 Å². The monoisotopic (exact) mass is 411 g/mol. The van der Waals surface area contributed by atoms with Gasteiger partial charge in [0.15, 0.2) is 0 Å². The summed E-state index contributed by atoms with van der Waals surface area (Å²) in [6.45, 7) is 1.98. The summed E-state index contributed by atoms with van der Waals surface area (Å²) in [5.74, 6) is 0.330. The van der Waals surface area contributed by atoms with Crippen molar-refractivity contribution in [3.63, 3.8) is 0 Å². The van der Waals surface area contributed by atoms with E-state index in [-0.39, 0.29) is 12.6 Å². The summed E-state index contributed by atoms with van der Waals surface area (Å²) in [5.41, 5.74) is 5.01. The van der Waals surface area contributed by atoms with Crippen LogP contribution in [0.4, 0.5) is 11.7 Å². The number of fused-ring (bicyclic) bond motifs is 1. The standard InChI is InChI=1S/C21H17N9O/c1-13-3-5-23-11-18(13)30(6-4-22)21-28-27-20(31-21)17-10-25-19-16(17)7-14(8-24-19)15-9-26-29(2)12-15/h3,5,7-12H,6H2,1-2H3,(H,24,25). The molecule has 1 N–H and O–H groups in total. The van der Waals surface area contributed by atoms with Crippen LogP contribution in [0.25, 0.3) is 33.6 Å². The average Bonchev–Trinajstić information content (AvgIpc) is 3.51. The molecule has 0 spiro atoms. The zero-order valence-corrected chi connectivity index (χ0v) is 16.8. The van der Waals surface area contributed by atoms with E-state index >= 15 is 0 Å². The maximum absolute atomic E-state index is 9.30. The summed E-state index contributed by atoms with van der Waals surface area (Å²) in [4.78, 5) is 13.4. The fourth-order valence-corrected chi connectivity index (χ4v) is 3.41. The number of nitriles is 1. The number of rotatable bonds is 5. The molecule has 0 aliphatic rings. The summed E-state index contributed by atoms with van der Waals surface area (Å²) >= 11 is 0. The van der Waals surface area contributed by atoms with Crippen molar-refractivity contribution in [2.45, 2.75) is 6.92 Å². The van der Waals surface area contributed by atoms with E-state index in [4.69, 9.17) is 4.42 Å². The van der Waals surface area contributed by atoms with Crippen LogP contribution in [0.3, 0.4) is 0 Å². The van der Waals surface area contributed by atoms with E-state index < -0.39 is 0 Å². The number of aryl methyl sites for hydroxylation is 2. The van der Waals surface area contributed by atoms with Crippen LogP contribution in [0, 0.1) is 18.3 Å². The lowest BCUT2D eigenvalue weighted by atomic mass is 10.1. The van der Waals surface area contributed by atoms with Gasteiger partial charge in [-0.25, -0.2) is 4.98 Å². The maximum Gasteiger partial charge on any atom is 0.324 e. The van der Waals surface area contributed by atoms with E-state index in [1.54, 1.807) is 40.6 Å². The Hall–Kier alpha value is -4.52. The first-order chi connectivity index (χ1) is 15.1. The number of H-pyrrole nitrogens is 1. The summed E-state index contributed by atoms with van der Waals surface area (Å²) in [5, 5.41) is 22.8. The Balaban J connectivity index is 1.56. The van der Waals surface area contributed by atoms with Crippen LogP contribution in [-0.2, 0) is 7.05 Å². The molecule has 0 unspecified atom stereocenters. The van der Waals surface area contributed by atoms with Crippen molar-refractivity contribution in [3.05, 3.63) is 54.9 Å². The van der Waals surface area contributed by atoms with Gasteiger partial charge < -0.3 is 9.40 Å². The lowest BCUT2D eigenvalue weighted by Crippen LogP contribution is -2.18. The molecule has 0 bridgehead atoms. The Morgan fingerprint density at radius 1 is 1.23 bits per heavy atom. The van der Waals surface area contributed by atoms with Gasteiger partial charge in [0, 0.05) is 48.3 Å². The van der Waals surface area contributed by atoms with Gasteiger partial charge in [0.1, 0.15) is 12.2 Å². The number of anilines is 2. The van der Waals surface area contributed by atoms with Gasteiger partial charge in [-0.1, -0.05) is 5.10 Å². The quantitative estimate of drug-likeness (QED) is 0.436. The summed E-state index contributed by atoms with van der Waals surface area (Å²) in [6, 6.07) is 6.23. The largest absolute Gasteiger partial charge is 0.403 e. The highest BCUT2D eigenvalue weighted by Gasteiger charge is 2.21. The Morgan fingerprint density at radius 3 is 2.90 bits per heavy atom. The van der Waals surface area contributed by atoms with Crippen LogP contribution in [0.5, 0.6) is 0 Å². The Morgan fingerprint density at radius 2 is 2.13 bits per heavy atom. The molecule has 5 aromatic rings. The first-order valence-corrected chi connectivity index (χ1v) is 9.49. The molecule has 5 heterocycles. The fraction of sp³-hybridized carbons (Fsp3) is 0.143. The summed E-state index contributed by atoms with van der Waals surface area (Å²) in [7, 11) is 1.87. The molecule has 0 saturated carbocycles. The van der Waals surface area contributed by atoms with Crippen molar-refractivity contribution in [2.24, 2.45) is 7.05 Å². The highest BCUT2D eigenvalue weighted by atomic mass is 16.4. The minimum Gasteiger partial charge on any atom is -0.403 e. The minimum absolute atomic E-state index is 0.0504. The van der Waals surface area contributed by atoms with Crippen LogP contribution in [0.1, 0.15) is 5.56 Å². The molecule has 0 amide bonds. The van der Waals surface area contributed by atoms with Gasteiger partial charge in [-0.2, -0.15) is 10.4 Å². The highest BCUT2D eigenvalue weighted by molar-refractivity contribution is 5.93. The van der Waals surface area contributed by atoms with Crippen LogP contribution in [0.15, 0.2) is 53.7 Å². The summed E-state index contributed by atoms with van der Waals surface area (Å²) in [6.07, 6.45) is 10.7. The van der Waals surface area contributed by atoms with Gasteiger partial charge in [0.2, 0.25) is 0 Å². The first-order valence-electron chi connectivity index (χ1n) is 9.49. The van der Waals surface area contributed by atoms with E-state index in [9.17, 15) is 5.26 Å². The van der Waals surface area contributed by atoms with Crippen molar-refractivity contribution in [2.75, 3.05) is 11.4 Å². The van der Waals surface area contributed by atoms with Gasteiger partial charge in [0.25, 0.3) is 5.89 Å². The van der Waals surface area contributed by atoms with Crippen LogP contribution in [0.2, 0.25) is 0 Å². The second-order valence-electron chi connectivity index (χ2n) is 7.02. The molecular formula is C21H17N9O. The lowest BCUT2D eigenvalue weighted by molar-refractivity contribution is 0.568. The van der Waals surface area contributed by atoms with Crippen molar-refractivity contribution < 1.29 is 4.42 Å². The molecule has 10 nitrogen and oxygen atoms in total. The molecule has 0 aliphatic carbocycles. The van der Waals surface area contributed by atoms with Crippen molar-refractivity contribution in [1.82, 2.24) is 34.9 Å². The average molecular weight is 411 g/mol. The van der Waals surface area contributed by atoms with E-state index in [1.165, 1.54) is 0 Å². The lowest BCUT2D eigenvalue weighted by Gasteiger charge is -2.18. The van der Waals surface area contributed by atoms with E-state index in [0.717, 1.165) is 33.3 Å². The molecule has 0 radical (unpaired) electrons. The molecule has 10 heteroatoms. The van der Waals surface area contributed by atoms with Gasteiger partial charge in [-0.3, -0.25) is 14.6 Å². The highest BCUT2D eigenvalue weighted by Crippen LogP contribution is 2.33. The van der Waals surface area contributed by atoms with Crippen LogP contribution in [-0.4, -0.2) is 41.5 Å². The number of nitrogens with zero attached hydrogens (tertiary/aromatic N) is 8.